The number of benzene rings is 1. The van der Waals surface area contributed by atoms with Crippen molar-refractivity contribution < 1.29 is 4.79 Å². The highest BCUT2D eigenvalue weighted by Gasteiger charge is 2.60. The molecule has 0 aliphatic heterocycles. The molecule has 3 nitrogen and oxygen atoms in total. The first-order chi connectivity index (χ1) is 10.7. The van der Waals surface area contributed by atoms with Gasteiger partial charge in [-0.3, -0.25) is 4.79 Å². The Morgan fingerprint density at radius 2 is 1.87 bits per heavy atom. The fourth-order valence-electron chi connectivity index (χ4n) is 3.43. The average molecular weight is 314 g/mol. The summed E-state index contributed by atoms with van der Waals surface area (Å²) in [6, 6.07) is 10.5. The van der Waals surface area contributed by atoms with Crippen LogP contribution in [0.3, 0.4) is 0 Å². The third kappa shape index (κ3) is 4.03. The van der Waals surface area contributed by atoms with Crippen LogP contribution in [0.1, 0.15) is 39.3 Å². The minimum Gasteiger partial charge on any atom is -0.354 e. The number of hydrogen-bond donors (Lipinski definition) is 1. The molecule has 1 fully saturated rings. The molecule has 2 rings (SSSR count). The largest absolute Gasteiger partial charge is 0.354 e. The summed E-state index contributed by atoms with van der Waals surface area (Å²) in [6.45, 7) is 9.20. The lowest BCUT2D eigenvalue weighted by Gasteiger charge is -2.25. The molecule has 126 valence electrons. The van der Waals surface area contributed by atoms with Crippen molar-refractivity contribution in [2.45, 2.75) is 33.7 Å². The van der Waals surface area contributed by atoms with Crippen LogP contribution in [0, 0.1) is 17.3 Å². The Balaban J connectivity index is 1.99. The zero-order chi connectivity index (χ0) is 17.2. The molecule has 0 spiro atoms. The van der Waals surface area contributed by atoms with Crippen LogP contribution >= 0.6 is 0 Å². The van der Waals surface area contributed by atoms with Gasteiger partial charge in [0.15, 0.2) is 0 Å². The number of nitrogens with zero attached hydrogens (tertiary/aromatic N) is 1. The predicted molar refractivity (Wildman–Crippen MR) is 96.1 cm³/mol. The molecule has 0 heterocycles. The van der Waals surface area contributed by atoms with Gasteiger partial charge in [0.05, 0.1) is 12.0 Å². The maximum absolute atomic E-state index is 12.6. The first-order valence-electron chi connectivity index (χ1n) is 8.39. The molecule has 1 aliphatic rings. The second kappa shape index (κ2) is 6.88. The SMILES string of the molecule is CC(C)=C[C@@H]1[C@H](C(=O)NC[C@H](c2ccccc2)N(C)C)C1(C)C. The highest BCUT2D eigenvalue weighted by atomic mass is 16.2. The number of allylic oxidation sites excluding steroid dienone is 2. The third-order valence-corrected chi connectivity index (χ3v) is 4.98. The van der Waals surface area contributed by atoms with Crippen molar-refractivity contribution in [3.8, 4) is 0 Å². The Labute approximate surface area is 140 Å². The molecule has 0 radical (unpaired) electrons. The molecule has 0 bridgehead atoms. The first-order valence-corrected chi connectivity index (χ1v) is 8.39. The quantitative estimate of drug-likeness (QED) is 0.813. The van der Waals surface area contributed by atoms with E-state index in [1.165, 1.54) is 11.1 Å². The van der Waals surface area contributed by atoms with Crippen LogP contribution in [0.15, 0.2) is 42.0 Å². The molecule has 0 saturated heterocycles. The van der Waals surface area contributed by atoms with E-state index in [9.17, 15) is 4.79 Å². The summed E-state index contributed by atoms with van der Waals surface area (Å²) in [4.78, 5) is 14.8. The lowest BCUT2D eigenvalue weighted by atomic mass is 10.1. The van der Waals surface area contributed by atoms with E-state index in [1.807, 2.05) is 18.2 Å². The van der Waals surface area contributed by atoms with E-state index in [0.717, 1.165) is 0 Å². The van der Waals surface area contributed by atoms with Crippen LogP contribution in [0.5, 0.6) is 0 Å². The maximum Gasteiger partial charge on any atom is 0.224 e. The topological polar surface area (TPSA) is 32.3 Å². The molecular weight excluding hydrogens is 284 g/mol. The molecule has 1 aromatic rings. The van der Waals surface area contributed by atoms with E-state index >= 15 is 0 Å². The van der Waals surface area contributed by atoms with Crippen molar-refractivity contribution >= 4 is 5.91 Å². The summed E-state index contributed by atoms with van der Waals surface area (Å²) >= 11 is 0. The van der Waals surface area contributed by atoms with Crippen molar-refractivity contribution in [1.82, 2.24) is 10.2 Å². The third-order valence-electron chi connectivity index (χ3n) is 4.98. The van der Waals surface area contributed by atoms with Crippen LogP contribution in [0.25, 0.3) is 0 Å². The fourth-order valence-corrected chi connectivity index (χ4v) is 3.43. The number of carbonyl (C=O) groups is 1. The van der Waals surface area contributed by atoms with E-state index < -0.39 is 0 Å². The summed E-state index contributed by atoms with van der Waals surface area (Å²) < 4.78 is 0. The van der Waals surface area contributed by atoms with Gasteiger partial charge in [-0.05, 0) is 44.8 Å². The maximum atomic E-state index is 12.6. The molecule has 1 amide bonds. The number of rotatable bonds is 6. The van der Waals surface area contributed by atoms with Crippen molar-refractivity contribution in [2.75, 3.05) is 20.6 Å². The van der Waals surface area contributed by atoms with Gasteiger partial charge >= 0.3 is 0 Å². The highest BCUT2D eigenvalue weighted by Crippen LogP contribution is 2.59. The molecule has 3 atom stereocenters. The molecular formula is C20H30N2O. The van der Waals surface area contributed by atoms with Gasteiger partial charge < -0.3 is 10.2 Å². The Kier molecular flexibility index (Phi) is 5.30. The zero-order valence-electron chi connectivity index (χ0n) is 15.3. The number of carbonyl (C=O) groups excluding carboxylic acids is 1. The molecule has 23 heavy (non-hydrogen) atoms. The molecule has 0 unspecified atom stereocenters. The molecule has 1 aromatic carbocycles. The number of hydrogen-bond acceptors (Lipinski definition) is 2. The van der Waals surface area contributed by atoms with Crippen molar-refractivity contribution in [1.29, 1.82) is 0 Å². The Morgan fingerprint density at radius 3 is 2.39 bits per heavy atom. The molecule has 0 aromatic heterocycles. The first kappa shape index (κ1) is 17.7. The molecule has 1 saturated carbocycles. The fraction of sp³-hybridized carbons (Fsp3) is 0.550. The van der Waals surface area contributed by atoms with Crippen LogP contribution in [0.4, 0.5) is 0 Å². The molecule has 1 N–H and O–H groups in total. The van der Waals surface area contributed by atoms with E-state index in [2.05, 4.69) is 70.2 Å². The van der Waals surface area contributed by atoms with Crippen molar-refractivity contribution in [3.05, 3.63) is 47.5 Å². The lowest BCUT2D eigenvalue weighted by molar-refractivity contribution is -0.123. The Morgan fingerprint density at radius 1 is 1.26 bits per heavy atom. The molecule has 1 aliphatic carbocycles. The van der Waals surface area contributed by atoms with Crippen molar-refractivity contribution in [3.63, 3.8) is 0 Å². The Bertz CT molecular complexity index is 571. The summed E-state index contributed by atoms with van der Waals surface area (Å²) in [6.07, 6.45) is 2.24. The van der Waals surface area contributed by atoms with Gasteiger partial charge in [-0.25, -0.2) is 0 Å². The number of likely N-dealkylation sites (N-methyl/N-ethyl adjacent to an activating group) is 1. The molecule has 3 heteroatoms. The monoisotopic (exact) mass is 314 g/mol. The van der Waals surface area contributed by atoms with Gasteiger partial charge in [-0.15, -0.1) is 0 Å². The van der Waals surface area contributed by atoms with Gasteiger partial charge in [0.25, 0.3) is 0 Å². The average Bonchev–Trinajstić information content (AvgIpc) is 2.99. The second-order valence-corrected chi connectivity index (χ2v) is 7.70. The van der Waals surface area contributed by atoms with Gasteiger partial charge in [0.1, 0.15) is 0 Å². The van der Waals surface area contributed by atoms with Crippen LogP contribution in [0.2, 0.25) is 0 Å². The van der Waals surface area contributed by atoms with Gasteiger partial charge in [-0.1, -0.05) is 55.8 Å². The number of nitrogens with one attached hydrogen (secondary N) is 1. The van der Waals surface area contributed by atoms with Gasteiger partial charge in [-0.2, -0.15) is 0 Å². The van der Waals surface area contributed by atoms with E-state index in [1.54, 1.807) is 0 Å². The standard InChI is InChI=1S/C20H30N2O/c1-14(2)12-16-18(20(16,3)4)19(23)21-13-17(22(5)6)15-10-8-7-9-11-15/h7-12,16-18H,13H2,1-6H3,(H,21,23)/t16-,17-,18-/m1/s1. The van der Waals surface area contributed by atoms with Gasteiger partial charge in [0, 0.05) is 6.54 Å². The number of amides is 1. The second-order valence-electron chi connectivity index (χ2n) is 7.70. The normalized spacial score (nSPS) is 23.3. The predicted octanol–water partition coefficient (Wildman–Crippen LogP) is 3.64. The minimum absolute atomic E-state index is 0.0711. The minimum atomic E-state index is 0.0711. The summed E-state index contributed by atoms with van der Waals surface area (Å²) in [5.41, 5.74) is 2.59. The van der Waals surface area contributed by atoms with Crippen LogP contribution in [-0.2, 0) is 4.79 Å². The van der Waals surface area contributed by atoms with E-state index in [-0.39, 0.29) is 23.3 Å². The smallest absolute Gasteiger partial charge is 0.224 e. The highest BCUT2D eigenvalue weighted by molar-refractivity contribution is 5.83. The van der Waals surface area contributed by atoms with E-state index in [4.69, 9.17) is 0 Å². The van der Waals surface area contributed by atoms with Crippen LogP contribution < -0.4 is 5.32 Å². The van der Waals surface area contributed by atoms with Gasteiger partial charge in [0.2, 0.25) is 5.91 Å². The summed E-state index contributed by atoms with van der Waals surface area (Å²) in [5, 5.41) is 3.17. The summed E-state index contributed by atoms with van der Waals surface area (Å²) in [5.74, 6) is 0.637. The Hall–Kier alpha value is -1.61. The van der Waals surface area contributed by atoms with Crippen molar-refractivity contribution in [2.24, 2.45) is 17.3 Å². The van der Waals surface area contributed by atoms with Crippen LogP contribution in [-0.4, -0.2) is 31.4 Å². The lowest BCUT2D eigenvalue weighted by Crippen LogP contribution is -2.36. The zero-order valence-corrected chi connectivity index (χ0v) is 15.3. The van der Waals surface area contributed by atoms with E-state index in [0.29, 0.717) is 12.5 Å². The summed E-state index contributed by atoms with van der Waals surface area (Å²) in [7, 11) is 4.10.